The van der Waals surface area contributed by atoms with Gasteiger partial charge in [0.15, 0.2) is 0 Å². The number of rotatable bonds is 6. The Morgan fingerprint density at radius 2 is 2.12 bits per heavy atom. The van der Waals surface area contributed by atoms with E-state index in [4.69, 9.17) is 0 Å². The van der Waals surface area contributed by atoms with Crippen molar-refractivity contribution in [2.75, 3.05) is 11.9 Å². The number of nitrogens with one attached hydrogen (secondary N) is 1. The number of carbonyl (C=O) groups is 1. The van der Waals surface area contributed by atoms with Crippen molar-refractivity contribution >= 4 is 44.4 Å². The van der Waals surface area contributed by atoms with Crippen LogP contribution in [0, 0.1) is 3.57 Å². The van der Waals surface area contributed by atoms with Crippen LogP contribution in [0.1, 0.15) is 29.6 Å². The topological polar surface area (TPSA) is 49.3 Å². The van der Waals surface area contributed by atoms with Gasteiger partial charge in [0.1, 0.15) is 5.75 Å². The van der Waals surface area contributed by atoms with Gasteiger partial charge in [-0.15, -0.1) is 0 Å². The molecule has 1 rings (SSSR count). The minimum Gasteiger partial charge on any atom is -0.507 e. The largest absolute Gasteiger partial charge is 0.507 e. The molecule has 0 saturated carbocycles. The third-order valence-electron chi connectivity index (χ3n) is 2.30. The van der Waals surface area contributed by atoms with E-state index < -0.39 is 0 Å². The lowest BCUT2D eigenvalue weighted by atomic mass is 10.2. The summed E-state index contributed by atoms with van der Waals surface area (Å²) in [6.45, 7) is 0.650. The van der Waals surface area contributed by atoms with Crippen LogP contribution in [0.3, 0.4) is 0 Å². The third-order valence-corrected chi connectivity index (χ3v) is 3.53. The summed E-state index contributed by atoms with van der Waals surface area (Å²) in [5.41, 5.74) is 0.345. The van der Waals surface area contributed by atoms with Gasteiger partial charge in [-0.05, 0) is 53.6 Å². The summed E-state index contributed by atoms with van der Waals surface area (Å²) >= 11 is 5.48. The molecular formula is C12H15BrINO2. The lowest BCUT2D eigenvalue weighted by Gasteiger charge is -2.07. The molecule has 17 heavy (non-hydrogen) atoms. The molecule has 94 valence electrons. The molecule has 0 aliphatic rings. The van der Waals surface area contributed by atoms with E-state index in [1.54, 1.807) is 18.2 Å². The fourth-order valence-corrected chi connectivity index (χ4v) is 2.27. The number of benzene rings is 1. The Kier molecular flexibility index (Phi) is 6.87. The summed E-state index contributed by atoms with van der Waals surface area (Å²) in [6.07, 6.45) is 3.16. The lowest BCUT2D eigenvalue weighted by molar-refractivity contribution is 0.0950. The highest BCUT2D eigenvalue weighted by Crippen LogP contribution is 2.19. The van der Waals surface area contributed by atoms with Gasteiger partial charge >= 0.3 is 0 Å². The Morgan fingerprint density at radius 3 is 2.82 bits per heavy atom. The molecule has 0 fully saturated rings. The number of carbonyl (C=O) groups excluding carboxylic acids is 1. The molecule has 0 heterocycles. The van der Waals surface area contributed by atoms with Crippen LogP contribution in [0.5, 0.6) is 5.75 Å². The number of phenols is 1. The Bertz CT molecular complexity index is 385. The normalized spacial score (nSPS) is 10.2. The van der Waals surface area contributed by atoms with Crippen molar-refractivity contribution in [2.45, 2.75) is 19.3 Å². The molecular weight excluding hydrogens is 397 g/mol. The second-order valence-electron chi connectivity index (χ2n) is 3.67. The third kappa shape index (κ3) is 5.25. The van der Waals surface area contributed by atoms with Gasteiger partial charge < -0.3 is 10.4 Å². The lowest BCUT2D eigenvalue weighted by Crippen LogP contribution is -2.24. The molecule has 0 aliphatic heterocycles. The average Bonchev–Trinajstić information content (AvgIpc) is 2.32. The van der Waals surface area contributed by atoms with Crippen LogP contribution < -0.4 is 5.32 Å². The van der Waals surface area contributed by atoms with Crippen LogP contribution in [-0.2, 0) is 0 Å². The first kappa shape index (κ1) is 14.8. The number of amides is 1. The molecule has 0 aliphatic carbocycles. The summed E-state index contributed by atoms with van der Waals surface area (Å²) in [4.78, 5) is 11.8. The van der Waals surface area contributed by atoms with Gasteiger partial charge in [-0.25, -0.2) is 0 Å². The zero-order valence-electron chi connectivity index (χ0n) is 9.38. The average molecular weight is 412 g/mol. The molecule has 1 aromatic carbocycles. The van der Waals surface area contributed by atoms with E-state index in [0.29, 0.717) is 12.1 Å². The van der Waals surface area contributed by atoms with E-state index in [2.05, 4.69) is 43.8 Å². The molecule has 1 aromatic rings. The van der Waals surface area contributed by atoms with E-state index in [0.717, 1.165) is 28.2 Å². The number of hydrogen-bond donors (Lipinski definition) is 2. The van der Waals surface area contributed by atoms with Crippen molar-refractivity contribution in [2.24, 2.45) is 0 Å². The first-order valence-corrected chi connectivity index (χ1v) is 7.68. The Morgan fingerprint density at radius 1 is 1.35 bits per heavy atom. The number of hydrogen-bond acceptors (Lipinski definition) is 2. The van der Waals surface area contributed by atoms with Gasteiger partial charge in [-0.1, -0.05) is 22.4 Å². The standard InChI is InChI=1S/C12H15BrINO2/c13-6-2-1-3-7-15-12(17)10-8-9(14)4-5-11(10)16/h4-5,8,16H,1-3,6-7H2,(H,15,17). The van der Waals surface area contributed by atoms with Crippen molar-refractivity contribution in [3.05, 3.63) is 27.3 Å². The second-order valence-corrected chi connectivity index (χ2v) is 5.71. The van der Waals surface area contributed by atoms with Crippen LogP contribution >= 0.6 is 38.5 Å². The fourth-order valence-electron chi connectivity index (χ4n) is 1.38. The molecule has 0 saturated heterocycles. The maximum Gasteiger partial charge on any atom is 0.255 e. The van der Waals surface area contributed by atoms with Crippen molar-refractivity contribution in [1.82, 2.24) is 5.32 Å². The quantitative estimate of drug-likeness (QED) is 0.428. The van der Waals surface area contributed by atoms with Crippen molar-refractivity contribution in [3.63, 3.8) is 0 Å². The second kappa shape index (κ2) is 7.92. The molecule has 0 atom stereocenters. The summed E-state index contributed by atoms with van der Waals surface area (Å²) in [5.74, 6) is -0.178. The highest BCUT2D eigenvalue weighted by Gasteiger charge is 2.10. The molecule has 0 aromatic heterocycles. The molecule has 2 N–H and O–H groups in total. The first-order chi connectivity index (χ1) is 8.15. The van der Waals surface area contributed by atoms with Crippen molar-refractivity contribution in [1.29, 1.82) is 0 Å². The van der Waals surface area contributed by atoms with E-state index in [1.165, 1.54) is 0 Å². The summed E-state index contributed by atoms with van der Waals surface area (Å²) in [7, 11) is 0. The number of unbranched alkanes of at least 4 members (excludes halogenated alkanes) is 2. The molecule has 5 heteroatoms. The zero-order chi connectivity index (χ0) is 12.7. The Balaban J connectivity index is 2.44. The van der Waals surface area contributed by atoms with Gasteiger partial charge in [0.05, 0.1) is 5.56 Å². The van der Waals surface area contributed by atoms with Gasteiger partial charge in [0.25, 0.3) is 5.91 Å². The Hall–Kier alpha value is -0.300. The smallest absolute Gasteiger partial charge is 0.255 e. The van der Waals surface area contributed by atoms with E-state index in [9.17, 15) is 9.90 Å². The number of phenolic OH excluding ortho intramolecular Hbond substituents is 1. The van der Waals surface area contributed by atoms with Gasteiger partial charge in [0, 0.05) is 15.4 Å². The van der Waals surface area contributed by atoms with Gasteiger partial charge in [0.2, 0.25) is 0 Å². The summed E-state index contributed by atoms with van der Waals surface area (Å²) < 4.78 is 0.935. The monoisotopic (exact) mass is 411 g/mol. The highest BCUT2D eigenvalue weighted by atomic mass is 127. The van der Waals surface area contributed by atoms with E-state index >= 15 is 0 Å². The number of alkyl halides is 1. The molecule has 0 bridgehead atoms. The molecule has 1 amide bonds. The minimum absolute atomic E-state index is 0.0309. The number of aromatic hydroxyl groups is 1. The summed E-state index contributed by atoms with van der Waals surface area (Å²) in [5, 5.41) is 13.4. The van der Waals surface area contributed by atoms with Crippen LogP contribution in [-0.4, -0.2) is 22.9 Å². The van der Waals surface area contributed by atoms with Crippen LogP contribution in [0.2, 0.25) is 0 Å². The van der Waals surface area contributed by atoms with Gasteiger partial charge in [-0.3, -0.25) is 4.79 Å². The first-order valence-electron chi connectivity index (χ1n) is 5.48. The minimum atomic E-state index is -0.208. The number of halogens is 2. The van der Waals surface area contributed by atoms with Gasteiger partial charge in [-0.2, -0.15) is 0 Å². The highest BCUT2D eigenvalue weighted by molar-refractivity contribution is 14.1. The Labute approximate surface area is 123 Å². The molecule has 3 nitrogen and oxygen atoms in total. The fraction of sp³-hybridized carbons (Fsp3) is 0.417. The molecule has 0 unspecified atom stereocenters. The molecule has 0 spiro atoms. The molecule has 0 radical (unpaired) electrons. The maximum atomic E-state index is 11.8. The van der Waals surface area contributed by atoms with Crippen LogP contribution in [0.15, 0.2) is 18.2 Å². The van der Waals surface area contributed by atoms with E-state index in [-0.39, 0.29) is 11.7 Å². The van der Waals surface area contributed by atoms with Crippen LogP contribution in [0.4, 0.5) is 0 Å². The predicted molar refractivity (Wildman–Crippen MR) is 80.8 cm³/mol. The summed E-state index contributed by atoms with van der Waals surface area (Å²) in [6, 6.07) is 4.99. The SMILES string of the molecule is O=C(NCCCCCBr)c1cc(I)ccc1O. The zero-order valence-corrected chi connectivity index (χ0v) is 13.1. The van der Waals surface area contributed by atoms with Crippen molar-refractivity contribution in [3.8, 4) is 5.75 Å². The maximum absolute atomic E-state index is 11.8. The van der Waals surface area contributed by atoms with Crippen molar-refractivity contribution < 1.29 is 9.90 Å². The van der Waals surface area contributed by atoms with E-state index in [1.807, 2.05) is 0 Å². The van der Waals surface area contributed by atoms with Crippen LogP contribution in [0.25, 0.3) is 0 Å². The predicted octanol–water partition coefficient (Wildman–Crippen LogP) is 3.29.